The van der Waals surface area contributed by atoms with Crippen molar-refractivity contribution in [3.05, 3.63) is 102 Å². The van der Waals surface area contributed by atoms with Gasteiger partial charge in [0.2, 0.25) is 5.91 Å². The molecule has 1 amide bonds. The zero-order chi connectivity index (χ0) is 23.0. The second kappa shape index (κ2) is 10.8. The molecule has 0 fully saturated rings. The van der Waals surface area contributed by atoms with E-state index < -0.39 is 0 Å². The van der Waals surface area contributed by atoms with Crippen LogP contribution in [0.3, 0.4) is 0 Å². The van der Waals surface area contributed by atoms with Gasteiger partial charge >= 0.3 is 0 Å². The molecular formula is C28H30N2O3. The Bertz CT molecular complexity index is 1180. The average molecular weight is 443 g/mol. The molecule has 0 bridgehead atoms. The zero-order valence-electron chi connectivity index (χ0n) is 19.2. The van der Waals surface area contributed by atoms with Gasteiger partial charge in [-0.15, -0.1) is 0 Å². The van der Waals surface area contributed by atoms with Crippen LogP contribution in [0, 0.1) is 0 Å². The Morgan fingerprint density at radius 1 is 0.939 bits per heavy atom. The number of nitrogens with zero attached hydrogens (tertiary/aromatic N) is 1. The van der Waals surface area contributed by atoms with Gasteiger partial charge in [-0.3, -0.25) is 4.79 Å². The van der Waals surface area contributed by atoms with Crippen molar-refractivity contribution in [3.8, 4) is 5.75 Å². The van der Waals surface area contributed by atoms with Gasteiger partial charge in [-0.25, -0.2) is 0 Å². The third-order valence-corrected chi connectivity index (χ3v) is 5.93. The number of ether oxygens (including phenoxy) is 2. The quantitative estimate of drug-likeness (QED) is 0.352. The maximum atomic E-state index is 12.8. The first-order valence-corrected chi connectivity index (χ1v) is 11.2. The van der Waals surface area contributed by atoms with E-state index in [9.17, 15) is 4.79 Å². The van der Waals surface area contributed by atoms with Gasteiger partial charge < -0.3 is 19.4 Å². The molecule has 0 aliphatic heterocycles. The highest BCUT2D eigenvalue weighted by molar-refractivity contribution is 5.86. The molecule has 0 saturated carbocycles. The van der Waals surface area contributed by atoms with Crippen LogP contribution in [0.2, 0.25) is 0 Å². The number of amides is 1. The number of methoxy groups -OCH3 is 2. The van der Waals surface area contributed by atoms with Crippen molar-refractivity contribution >= 4 is 16.8 Å². The standard InChI is InChI=1S/C28H30N2O3/c1-32-17-16-29-28(31)18-25(22-12-14-23(33-2)15-13-22)26-20-30(19-21-8-4-3-5-9-21)27-11-7-6-10-24(26)27/h3-15,20,25H,16-19H2,1-2H3,(H,29,31). The Hall–Kier alpha value is -3.57. The fraction of sp³-hybridized carbons (Fsp3) is 0.250. The SMILES string of the molecule is COCCNC(=O)CC(c1ccc(OC)cc1)c1cn(Cc2ccccc2)c2ccccc12. The van der Waals surface area contributed by atoms with E-state index in [-0.39, 0.29) is 11.8 Å². The number of benzene rings is 3. The highest BCUT2D eigenvalue weighted by Gasteiger charge is 2.23. The van der Waals surface area contributed by atoms with Gasteiger partial charge in [0.05, 0.1) is 13.7 Å². The summed E-state index contributed by atoms with van der Waals surface area (Å²) in [6, 6.07) is 26.8. The van der Waals surface area contributed by atoms with Crippen LogP contribution in [0.5, 0.6) is 5.75 Å². The predicted molar refractivity (Wildman–Crippen MR) is 132 cm³/mol. The normalized spacial score (nSPS) is 11.9. The summed E-state index contributed by atoms with van der Waals surface area (Å²) in [5, 5.41) is 4.14. The lowest BCUT2D eigenvalue weighted by Gasteiger charge is -2.18. The average Bonchev–Trinajstić information content (AvgIpc) is 3.21. The van der Waals surface area contributed by atoms with E-state index in [1.165, 1.54) is 10.9 Å². The van der Waals surface area contributed by atoms with Crippen LogP contribution in [0.4, 0.5) is 0 Å². The Kier molecular flexibility index (Phi) is 7.43. The van der Waals surface area contributed by atoms with Gasteiger partial charge in [-0.2, -0.15) is 0 Å². The van der Waals surface area contributed by atoms with Crippen molar-refractivity contribution in [2.45, 2.75) is 18.9 Å². The van der Waals surface area contributed by atoms with E-state index in [0.717, 1.165) is 28.9 Å². The Labute approximate surface area is 195 Å². The molecule has 4 aromatic rings. The number of nitrogens with one attached hydrogen (secondary N) is 1. The van der Waals surface area contributed by atoms with Gasteiger partial charge in [-0.05, 0) is 34.9 Å². The van der Waals surface area contributed by atoms with Crippen LogP contribution in [-0.4, -0.2) is 37.8 Å². The minimum absolute atomic E-state index is 0.00718. The summed E-state index contributed by atoms with van der Waals surface area (Å²) in [4.78, 5) is 12.8. The number of para-hydroxylation sites is 1. The lowest BCUT2D eigenvalue weighted by molar-refractivity contribution is -0.121. The number of carbonyl (C=O) groups is 1. The summed E-state index contributed by atoms with van der Waals surface area (Å²) < 4.78 is 12.7. The van der Waals surface area contributed by atoms with E-state index in [2.05, 4.69) is 76.7 Å². The summed E-state index contributed by atoms with van der Waals surface area (Å²) in [6.07, 6.45) is 2.56. The summed E-state index contributed by atoms with van der Waals surface area (Å²) in [7, 11) is 3.29. The molecule has 1 heterocycles. The first kappa shape index (κ1) is 22.6. The maximum Gasteiger partial charge on any atom is 0.221 e. The Morgan fingerprint density at radius 2 is 1.67 bits per heavy atom. The molecule has 5 nitrogen and oxygen atoms in total. The second-order valence-corrected chi connectivity index (χ2v) is 8.09. The van der Waals surface area contributed by atoms with Crippen molar-refractivity contribution in [2.75, 3.05) is 27.4 Å². The Balaban J connectivity index is 1.73. The molecule has 33 heavy (non-hydrogen) atoms. The fourth-order valence-corrected chi connectivity index (χ4v) is 4.26. The number of rotatable bonds is 10. The van der Waals surface area contributed by atoms with Crippen molar-refractivity contribution in [1.29, 1.82) is 0 Å². The third kappa shape index (κ3) is 5.44. The summed E-state index contributed by atoms with van der Waals surface area (Å²) in [6.45, 7) is 1.77. The van der Waals surface area contributed by atoms with E-state index in [0.29, 0.717) is 19.6 Å². The number of hydrogen-bond acceptors (Lipinski definition) is 3. The van der Waals surface area contributed by atoms with E-state index in [1.54, 1.807) is 14.2 Å². The van der Waals surface area contributed by atoms with Crippen molar-refractivity contribution in [1.82, 2.24) is 9.88 Å². The molecule has 0 spiro atoms. The minimum atomic E-state index is -0.0830. The molecule has 0 radical (unpaired) electrons. The van der Waals surface area contributed by atoms with Crippen LogP contribution in [0.25, 0.3) is 10.9 Å². The first-order valence-electron chi connectivity index (χ1n) is 11.2. The second-order valence-electron chi connectivity index (χ2n) is 8.09. The molecule has 0 aliphatic carbocycles. The monoisotopic (exact) mass is 442 g/mol. The van der Waals surface area contributed by atoms with Crippen LogP contribution in [-0.2, 0) is 16.1 Å². The lowest BCUT2D eigenvalue weighted by Crippen LogP contribution is -2.28. The zero-order valence-corrected chi connectivity index (χ0v) is 19.2. The number of carbonyl (C=O) groups excluding carboxylic acids is 1. The molecule has 1 unspecified atom stereocenters. The molecule has 3 aromatic carbocycles. The van der Waals surface area contributed by atoms with Crippen LogP contribution < -0.4 is 10.1 Å². The van der Waals surface area contributed by atoms with Crippen LogP contribution in [0.15, 0.2) is 85.1 Å². The Morgan fingerprint density at radius 3 is 2.39 bits per heavy atom. The van der Waals surface area contributed by atoms with Gasteiger partial charge in [0.15, 0.2) is 0 Å². The largest absolute Gasteiger partial charge is 0.497 e. The maximum absolute atomic E-state index is 12.8. The first-order chi connectivity index (χ1) is 16.2. The van der Waals surface area contributed by atoms with Crippen molar-refractivity contribution in [2.24, 2.45) is 0 Å². The highest BCUT2D eigenvalue weighted by atomic mass is 16.5. The molecule has 5 heteroatoms. The predicted octanol–water partition coefficient (Wildman–Crippen LogP) is 4.98. The van der Waals surface area contributed by atoms with Gasteiger partial charge in [0, 0.05) is 49.6 Å². The molecule has 170 valence electrons. The van der Waals surface area contributed by atoms with Gasteiger partial charge in [0.25, 0.3) is 0 Å². The smallest absolute Gasteiger partial charge is 0.221 e. The number of hydrogen-bond donors (Lipinski definition) is 1. The third-order valence-electron chi connectivity index (χ3n) is 5.93. The molecular weight excluding hydrogens is 412 g/mol. The van der Waals surface area contributed by atoms with Crippen molar-refractivity contribution < 1.29 is 14.3 Å². The molecule has 4 rings (SSSR count). The van der Waals surface area contributed by atoms with Gasteiger partial charge in [0.1, 0.15) is 5.75 Å². The lowest BCUT2D eigenvalue weighted by atomic mass is 9.88. The van der Waals surface area contributed by atoms with E-state index in [4.69, 9.17) is 9.47 Å². The summed E-state index contributed by atoms with van der Waals surface area (Å²) >= 11 is 0. The van der Waals surface area contributed by atoms with E-state index in [1.807, 2.05) is 18.2 Å². The summed E-state index contributed by atoms with van der Waals surface area (Å²) in [5.74, 6) is 0.724. The highest BCUT2D eigenvalue weighted by Crippen LogP contribution is 2.35. The number of fused-ring (bicyclic) bond motifs is 1. The topological polar surface area (TPSA) is 52.5 Å². The van der Waals surface area contributed by atoms with Crippen LogP contribution in [0.1, 0.15) is 29.0 Å². The minimum Gasteiger partial charge on any atom is -0.497 e. The number of aromatic nitrogens is 1. The fourth-order valence-electron chi connectivity index (χ4n) is 4.26. The van der Waals surface area contributed by atoms with E-state index >= 15 is 0 Å². The van der Waals surface area contributed by atoms with Gasteiger partial charge in [-0.1, -0.05) is 60.7 Å². The molecule has 1 N–H and O–H groups in total. The molecule has 0 saturated heterocycles. The van der Waals surface area contributed by atoms with Crippen LogP contribution >= 0.6 is 0 Å². The summed E-state index contributed by atoms with van der Waals surface area (Å²) in [5.41, 5.74) is 4.63. The molecule has 0 aliphatic rings. The molecule has 1 atom stereocenters. The molecule has 1 aromatic heterocycles. The van der Waals surface area contributed by atoms with Crippen molar-refractivity contribution in [3.63, 3.8) is 0 Å².